The second-order valence-electron chi connectivity index (χ2n) is 5.94. The van der Waals surface area contributed by atoms with Crippen LogP contribution in [-0.2, 0) is 4.74 Å². The lowest BCUT2D eigenvalue weighted by atomic mass is 9.85. The summed E-state index contributed by atoms with van der Waals surface area (Å²) in [4.78, 5) is 0. The summed E-state index contributed by atoms with van der Waals surface area (Å²) in [5.74, 6) is 0. The van der Waals surface area contributed by atoms with Gasteiger partial charge in [-0.05, 0) is 48.7 Å². The van der Waals surface area contributed by atoms with Crippen molar-refractivity contribution in [1.82, 2.24) is 5.32 Å². The molecule has 0 aliphatic carbocycles. The molecule has 2 unspecified atom stereocenters. The van der Waals surface area contributed by atoms with Crippen LogP contribution in [0.15, 0.2) is 40.9 Å². The molecule has 1 aliphatic heterocycles. The normalized spacial score (nSPS) is 23.6. The quantitative estimate of drug-likeness (QED) is 0.855. The molecule has 0 spiro atoms. The SMILES string of the molecule is CCNC(c1ccc(Br)c2ccccc12)C1(C)CCCO1. The fourth-order valence-corrected chi connectivity index (χ4v) is 3.90. The van der Waals surface area contributed by atoms with E-state index in [9.17, 15) is 0 Å². The molecule has 2 nitrogen and oxygen atoms in total. The lowest BCUT2D eigenvalue weighted by molar-refractivity contribution is -0.0117. The van der Waals surface area contributed by atoms with E-state index in [1.165, 1.54) is 16.3 Å². The molecule has 0 amide bonds. The molecule has 3 rings (SSSR count). The van der Waals surface area contributed by atoms with Gasteiger partial charge in [0.15, 0.2) is 0 Å². The van der Waals surface area contributed by atoms with Crippen LogP contribution in [0.4, 0.5) is 0 Å². The van der Waals surface area contributed by atoms with Crippen molar-refractivity contribution in [1.29, 1.82) is 0 Å². The molecule has 0 bridgehead atoms. The van der Waals surface area contributed by atoms with Gasteiger partial charge in [0.1, 0.15) is 0 Å². The molecule has 0 radical (unpaired) electrons. The van der Waals surface area contributed by atoms with E-state index in [-0.39, 0.29) is 11.6 Å². The number of nitrogens with one attached hydrogen (secondary N) is 1. The van der Waals surface area contributed by atoms with Crippen molar-refractivity contribution in [2.24, 2.45) is 0 Å². The smallest absolute Gasteiger partial charge is 0.0849 e. The largest absolute Gasteiger partial charge is 0.373 e. The van der Waals surface area contributed by atoms with Crippen LogP contribution in [-0.4, -0.2) is 18.8 Å². The van der Waals surface area contributed by atoms with Crippen molar-refractivity contribution in [2.45, 2.75) is 38.3 Å². The maximum atomic E-state index is 6.11. The molecular formula is C18H22BrNO. The first kappa shape index (κ1) is 15.0. The Bertz CT molecular complexity index is 634. The summed E-state index contributed by atoms with van der Waals surface area (Å²) in [6, 6.07) is 13.2. The zero-order valence-electron chi connectivity index (χ0n) is 12.7. The second kappa shape index (κ2) is 6.07. The van der Waals surface area contributed by atoms with E-state index < -0.39 is 0 Å². The van der Waals surface area contributed by atoms with Crippen molar-refractivity contribution in [3.63, 3.8) is 0 Å². The lowest BCUT2D eigenvalue weighted by Crippen LogP contribution is -2.41. The van der Waals surface area contributed by atoms with Crippen molar-refractivity contribution in [3.05, 3.63) is 46.4 Å². The summed E-state index contributed by atoms with van der Waals surface area (Å²) in [7, 11) is 0. The summed E-state index contributed by atoms with van der Waals surface area (Å²) in [5.41, 5.74) is 1.21. The van der Waals surface area contributed by atoms with Crippen molar-refractivity contribution in [3.8, 4) is 0 Å². The molecule has 2 aromatic rings. The predicted molar refractivity (Wildman–Crippen MR) is 91.7 cm³/mol. The molecule has 2 atom stereocenters. The topological polar surface area (TPSA) is 21.3 Å². The van der Waals surface area contributed by atoms with Gasteiger partial charge in [0.25, 0.3) is 0 Å². The van der Waals surface area contributed by atoms with Crippen molar-refractivity contribution >= 4 is 26.7 Å². The molecule has 21 heavy (non-hydrogen) atoms. The highest BCUT2D eigenvalue weighted by molar-refractivity contribution is 9.10. The molecule has 3 heteroatoms. The molecule has 2 aromatic carbocycles. The van der Waals surface area contributed by atoms with Gasteiger partial charge in [0.2, 0.25) is 0 Å². The van der Waals surface area contributed by atoms with Crippen LogP contribution < -0.4 is 5.32 Å². The van der Waals surface area contributed by atoms with E-state index in [0.29, 0.717) is 0 Å². The Morgan fingerprint density at radius 2 is 2.00 bits per heavy atom. The van der Waals surface area contributed by atoms with E-state index in [4.69, 9.17) is 4.74 Å². The molecule has 1 aliphatic rings. The van der Waals surface area contributed by atoms with E-state index in [2.05, 4.69) is 71.5 Å². The molecule has 0 saturated carbocycles. The zero-order chi connectivity index (χ0) is 14.9. The number of fused-ring (bicyclic) bond motifs is 1. The number of halogens is 1. The lowest BCUT2D eigenvalue weighted by Gasteiger charge is -2.35. The summed E-state index contributed by atoms with van der Waals surface area (Å²) in [5, 5.41) is 6.22. The standard InChI is InChI=1S/C18H22BrNO/c1-3-20-17(18(2)11-6-12-21-18)15-9-10-16(19)14-8-5-4-7-13(14)15/h4-5,7-10,17,20H,3,6,11-12H2,1-2H3. The Morgan fingerprint density at radius 3 is 2.67 bits per heavy atom. The Balaban J connectivity index is 2.14. The van der Waals surface area contributed by atoms with Crippen LogP contribution in [0.25, 0.3) is 10.8 Å². The molecule has 1 saturated heterocycles. The zero-order valence-corrected chi connectivity index (χ0v) is 14.2. The number of hydrogen-bond acceptors (Lipinski definition) is 2. The van der Waals surface area contributed by atoms with E-state index in [0.717, 1.165) is 30.5 Å². The third-order valence-corrected chi connectivity index (χ3v) is 5.18. The molecule has 1 N–H and O–H groups in total. The maximum absolute atomic E-state index is 6.11. The highest BCUT2D eigenvalue weighted by atomic mass is 79.9. The molecule has 1 heterocycles. The van der Waals surface area contributed by atoms with Gasteiger partial charge in [0, 0.05) is 11.1 Å². The van der Waals surface area contributed by atoms with Gasteiger partial charge in [-0.15, -0.1) is 0 Å². The molecule has 1 fully saturated rings. The average Bonchev–Trinajstić information content (AvgIpc) is 2.94. The monoisotopic (exact) mass is 347 g/mol. The van der Waals surface area contributed by atoms with E-state index >= 15 is 0 Å². The van der Waals surface area contributed by atoms with Crippen LogP contribution in [0.3, 0.4) is 0 Å². The van der Waals surface area contributed by atoms with Crippen LogP contribution in [0.5, 0.6) is 0 Å². The minimum Gasteiger partial charge on any atom is -0.373 e. The number of ether oxygens (including phenoxy) is 1. The first-order chi connectivity index (χ1) is 10.2. The highest BCUT2D eigenvalue weighted by Crippen LogP contribution is 2.40. The third kappa shape index (κ3) is 2.75. The number of hydrogen-bond donors (Lipinski definition) is 1. The van der Waals surface area contributed by atoms with E-state index in [1.807, 2.05) is 0 Å². The Morgan fingerprint density at radius 1 is 1.24 bits per heavy atom. The van der Waals surface area contributed by atoms with Gasteiger partial charge in [-0.2, -0.15) is 0 Å². The fraction of sp³-hybridized carbons (Fsp3) is 0.444. The molecule has 112 valence electrons. The first-order valence-corrected chi connectivity index (χ1v) is 8.49. The average molecular weight is 348 g/mol. The van der Waals surface area contributed by atoms with Crippen molar-refractivity contribution in [2.75, 3.05) is 13.2 Å². The van der Waals surface area contributed by atoms with Gasteiger partial charge < -0.3 is 10.1 Å². The summed E-state index contributed by atoms with van der Waals surface area (Å²) < 4.78 is 7.26. The minimum atomic E-state index is -0.118. The summed E-state index contributed by atoms with van der Waals surface area (Å²) >= 11 is 3.66. The van der Waals surface area contributed by atoms with Gasteiger partial charge in [-0.3, -0.25) is 0 Å². The highest BCUT2D eigenvalue weighted by Gasteiger charge is 2.39. The predicted octanol–water partition coefficient (Wildman–Crippen LogP) is 4.82. The van der Waals surface area contributed by atoms with Crippen molar-refractivity contribution < 1.29 is 4.74 Å². The number of likely N-dealkylation sites (N-methyl/N-ethyl adjacent to an activating group) is 1. The molecule has 0 aromatic heterocycles. The van der Waals surface area contributed by atoms with Crippen LogP contribution in [0.1, 0.15) is 38.3 Å². The number of benzene rings is 2. The van der Waals surface area contributed by atoms with Crippen LogP contribution in [0.2, 0.25) is 0 Å². The van der Waals surface area contributed by atoms with E-state index in [1.54, 1.807) is 0 Å². The summed E-state index contributed by atoms with van der Waals surface area (Å²) in [6.45, 7) is 6.21. The Hall–Kier alpha value is -0.900. The fourth-order valence-electron chi connectivity index (χ4n) is 3.42. The maximum Gasteiger partial charge on any atom is 0.0849 e. The van der Waals surface area contributed by atoms with Gasteiger partial charge >= 0.3 is 0 Å². The van der Waals surface area contributed by atoms with Crippen LogP contribution >= 0.6 is 15.9 Å². The number of rotatable bonds is 4. The van der Waals surface area contributed by atoms with Gasteiger partial charge in [0.05, 0.1) is 11.6 Å². The Labute approximate surface area is 135 Å². The molecular weight excluding hydrogens is 326 g/mol. The van der Waals surface area contributed by atoms with Gasteiger partial charge in [-0.1, -0.05) is 53.2 Å². The minimum absolute atomic E-state index is 0.118. The van der Waals surface area contributed by atoms with Crippen LogP contribution in [0, 0.1) is 0 Å². The second-order valence-corrected chi connectivity index (χ2v) is 6.79. The van der Waals surface area contributed by atoms with Gasteiger partial charge in [-0.25, -0.2) is 0 Å². The summed E-state index contributed by atoms with van der Waals surface area (Å²) in [6.07, 6.45) is 2.25. The third-order valence-electron chi connectivity index (χ3n) is 4.48. The Kier molecular flexibility index (Phi) is 4.34. The first-order valence-electron chi connectivity index (χ1n) is 7.70.